The zero-order valence-electron chi connectivity index (χ0n) is 9.03. The summed E-state index contributed by atoms with van der Waals surface area (Å²) >= 11 is 22.6. The highest BCUT2D eigenvalue weighted by Gasteiger charge is 2.00. The Bertz CT molecular complexity index is 119. The SMILES string of the molecule is ClC(Cl)CC[SiH2]CCC[SiH2]CCC(Cl)Cl. The van der Waals surface area contributed by atoms with Crippen LogP contribution in [0.4, 0.5) is 0 Å². The standard InChI is InChI=1S/C9H20Cl4Si2/c10-8(11)2-6-14-4-1-5-15-7-3-9(12)13/h8-9H,1-7,14-15H2. The first-order valence-corrected chi connectivity index (χ1v) is 11.4. The fourth-order valence-corrected chi connectivity index (χ4v) is 7.36. The molecular formula is C9H20Cl4Si2. The second-order valence-electron chi connectivity index (χ2n) is 3.83. The van der Waals surface area contributed by atoms with Gasteiger partial charge in [-0.15, -0.1) is 46.4 Å². The summed E-state index contributed by atoms with van der Waals surface area (Å²) in [5, 5.41) is 0. The van der Waals surface area contributed by atoms with E-state index in [0.717, 1.165) is 12.8 Å². The molecule has 0 amide bonds. The molecule has 0 aromatic carbocycles. The van der Waals surface area contributed by atoms with Crippen LogP contribution in [0.1, 0.15) is 19.3 Å². The molecule has 0 aromatic heterocycles. The Labute approximate surface area is 118 Å². The quantitative estimate of drug-likeness (QED) is 0.326. The van der Waals surface area contributed by atoms with Gasteiger partial charge < -0.3 is 0 Å². The second-order valence-corrected chi connectivity index (χ2v) is 10.6. The molecule has 0 saturated carbocycles. The molecular weight excluding hydrogens is 306 g/mol. The Hall–Kier alpha value is 1.59. The van der Waals surface area contributed by atoms with Crippen molar-refractivity contribution in [3.8, 4) is 0 Å². The van der Waals surface area contributed by atoms with E-state index < -0.39 is 0 Å². The second kappa shape index (κ2) is 12.1. The number of hydrogen-bond donors (Lipinski definition) is 0. The van der Waals surface area contributed by atoms with E-state index in [2.05, 4.69) is 0 Å². The largest absolute Gasteiger partial charge is 0.107 e. The van der Waals surface area contributed by atoms with E-state index in [0.29, 0.717) is 0 Å². The third-order valence-corrected chi connectivity index (χ3v) is 7.03. The molecule has 0 aliphatic heterocycles. The average molecular weight is 326 g/mol. The predicted molar refractivity (Wildman–Crippen MR) is 81.2 cm³/mol. The molecule has 0 aliphatic carbocycles. The monoisotopic (exact) mass is 324 g/mol. The molecule has 0 aromatic rings. The first kappa shape index (κ1) is 16.6. The summed E-state index contributed by atoms with van der Waals surface area (Å²) in [6, 6.07) is 5.51. The molecule has 0 nitrogen and oxygen atoms in total. The van der Waals surface area contributed by atoms with Crippen LogP contribution in [0.25, 0.3) is 0 Å². The summed E-state index contributed by atoms with van der Waals surface area (Å²) in [6.07, 6.45) is 3.41. The van der Waals surface area contributed by atoms with Crippen molar-refractivity contribution in [3.05, 3.63) is 0 Å². The van der Waals surface area contributed by atoms with E-state index >= 15 is 0 Å². The van der Waals surface area contributed by atoms with Crippen molar-refractivity contribution in [3.63, 3.8) is 0 Å². The number of rotatable bonds is 10. The first-order valence-electron chi connectivity index (χ1n) is 5.69. The predicted octanol–water partition coefficient (Wildman–Crippen LogP) is 3.77. The van der Waals surface area contributed by atoms with Gasteiger partial charge in [-0.1, -0.05) is 30.6 Å². The van der Waals surface area contributed by atoms with E-state index in [1.165, 1.54) is 30.6 Å². The van der Waals surface area contributed by atoms with Crippen LogP contribution in [-0.2, 0) is 0 Å². The summed E-state index contributed by atoms with van der Waals surface area (Å²) in [5.41, 5.74) is 0. The zero-order valence-corrected chi connectivity index (χ0v) is 14.9. The molecule has 0 heterocycles. The van der Waals surface area contributed by atoms with Crippen molar-refractivity contribution in [2.45, 2.75) is 53.1 Å². The van der Waals surface area contributed by atoms with E-state index in [4.69, 9.17) is 46.4 Å². The maximum Gasteiger partial charge on any atom is 0.107 e. The van der Waals surface area contributed by atoms with Gasteiger partial charge in [0.1, 0.15) is 9.67 Å². The molecule has 0 saturated heterocycles. The molecule has 15 heavy (non-hydrogen) atoms. The molecule has 0 atom stereocenters. The summed E-state index contributed by atoms with van der Waals surface area (Å²) in [4.78, 5) is -0.285. The van der Waals surface area contributed by atoms with E-state index in [1.807, 2.05) is 0 Å². The van der Waals surface area contributed by atoms with Crippen molar-refractivity contribution in [2.24, 2.45) is 0 Å². The summed E-state index contributed by atoms with van der Waals surface area (Å²) in [6.45, 7) is 0. The summed E-state index contributed by atoms with van der Waals surface area (Å²) < 4.78 is 0. The highest BCUT2D eigenvalue weighted by Crippen LogP contribution is 2.12. The lowest BCUT2D eigenvalue weighted by molar-refractivity contribution is 0.978. The highest BCUT2D eigenvalue weighted by atomic mass is 35.5. The molecule has 0 rings (SSSR count). The molecule has 0 aliphatic rings. The summed E-state index contributed by atoms with van der Waals surface area (Å²) in [7, 11) is 0.240. The van der Waals surface area contributed by atoms with Crippen molar-refractivity contribution in [2.75, 3.05) is 0 Å². The van der Waals surface area contributed by atoms with Gasteiger partial charge in [0.25, 0.3) is 0 Å². The molecule has 0 radical (unpaired) electrons. The zero-order chi connectivity index (χ0) is 11.5. The van der Waals surface area contributed by atoms with Gasteiger partial charge >= 0.3 is 0 Å². The van der Waals surface area contributed by atoms with Crippen molar-refractivity contribution in [1.29, 1.82) is 0 Å². The normalized spacial score (nSPS) is 13.2. The summed E-state index contributed by atoms with van der Waals surface area (Å²) in [5.74, 6) is 0. The van der Waals surface area contributed by atoms with Crippen LogP contribution in [0.15, 0.2) is 0 Å². The lowest BCUT2D eigenvalue weighted by Crippen LogP contribution is -1.97. The van der Waals surface area contributed by atoms with Crippen LogP contribution in [0.2, 0.25) is 24.2 Å². The van der Waals surface area contributed by atoms with E-state index in [-0.39, 0.29) is 28.7 Å². The fourth-order valence-electron chi connectivity index (χ4n) is 1.48. The minimum atomic E-state index is -0.142. The van der Waals surface area contributed by atoms with Crippen molar-refractivity contribution < 1.29 is 0 Å². The van der Waals surface area contributed by atoms with Gasteiger partial charge in [-0.2, -0.15) is 0 Å². The Balaban J connectivity index is 2.93. The number of hydrogen-bond acceptors (Lipinski definition) is 0. The fraction of sp³-hybridized carbons (Fsp3) is 1.00. The lowest BCUT2D eigenvalue weighted by atomic mass is 10.5. The number of alkyl halides is 4. The smallest absolute Gasteiger partial charge is 0.105 e. The maximum atomic E-state index is 5.66. The van der Waals surface area contributed by atoms with Gasteiger partial charge in [0, 0.05) is 19.0 Å². The van der Waals surface area contributed by atoms with Gasteiger partial charge in [-0.25, -0.2) is 0 Å². The molecule has 0 fully saturated rings. The van der Waals surface area contributed by atoms with Gasteiger partial charge in [0.15, 0.2) is 0 Å². The Morgan fingerprint density at radius 2 is 1.07 bits per heavy atom. The van der Waals surface area contributed by atoms with Crippen LogP contribution in [0.5, 0.6) is 0 Å². The Morgan fingerprint density at radius 3 is 1.40 bits per heavy atom. The molecule has 0 bridgehead atoms. The van der Waals surface area contributed by atoms with Crippen molar-refractivity contribution in [1.82, 2.24) is 0 Å². The molecule has 92 valence electrons. The van der Waals surface area contributed by atoms with Gasteiger partial charge in [0.2, 0.25) is 0 Å². The van der Waals surface area contributed by atoms with Crippen LogP contribution >= 0.6 is 46.4 Å². The van der Waals surface area contributed by atoms with Crippen LogP contribution < -0.4 is 0 Å². The molecule has 6 heteroatoms. The van der Waals surface area contributed by atoms with E-state index in [9.17, 15) is 0 Å². The molecule has 0 spiro atoms. The van der Waals surface area contributed by atoms with Crippen LogP contribution in [-0.4, -0.2) is 28.7 Å². The minimum Gasteiger partial charge on any atom is -0.105 e. The van der Waals surface area contributed by atoms with Crippen LogP contribution in [0.3, 0.4) is 0 Å². The molecule has 0 unspecified atom stereocenters. The average Bonchev–Trinajstić information content (AvgIpc) is 2.14. The number of halogens is 4. The third kappa shape index (κ3) is 15.6. The highest BCUT2D eigenvalue weighted by molar-refractivity contribution is 6.45. The minimum absolute atomic E-state index is 0.120. The third-order valence-electron chi connectivity index (χ3n) is 2.34. The molecule has 0 N–H and O–H groups in total. The van der Waals surface area contributed by atoms with Gasteiger partial charge in [0.05, 0.1) is 0 Å². The lowest BCUT2D eigenvalue weighted by Gasteiger charge is -2.02. The van der Waals surface area contributed by atoms with Gasteiger partial charge in [-0.05, 0) is 12.8 Å². The van der Waals surface area contributed by atoms with Crippen molar-refractivity contribution >= 4 is 65.4 Å². The Kier molecular flexibility index (Phi) is 13.3. The Morgan fingerprint density at radius 1 is 0.667 bits per heavy atom. The van der Waals surface area contributed by atoms with Gasteiger partial charge in [-0.3, -0.25) is 0 Å². The maximum absolute atomic E-state index is 5.66. The first-order chi connectivity index (χ1) is 7.13. The topological polar surface area (TPSA) is 0 Å². The van der Waals surface area contributed by atoms with E-state index in [1.54, 1.807) is 0 Å². The van der Waals surface area contributed by atoms with Crippen LogP contribution in [0, 0.1) is 0 Å².